The molecular weight excluding hydrogens is 466 g/mol. The standard InChI is InChI=1S/C34H34NOSi/c1-21-12-14-24(15-13-21)25-16-17-26-28-18-22(2)23(3)33(34(28)36-31(26)19-25)30-20-32(37(5,6)7)27-10-8-9-11-29(27)35(30)4/h8-20H,1-7H3/q+1. The van der Waals surface area contributed by atoms with Gasteiger partial charge in [0, 0.05) is 28.3 Å². The number of aromatic nitrogens is 1. The molecule has 6 rings (SSSR count). The molecule has 0 radical (unpaired) electrons. The van der Waals surface area contributed by atoms with Gasteiger partial charge in [0.05, 0.1) is 13.6 Å². The summed E-state index contributed by atoms with van der Waals surface area (Å²) in [5.74, 6) is 0. The SMILES string of the molecule is Cc1ccc(-c2ccc3c(c2)oc2c(-c4cc([Si](C)(C)C)c5ccccc5[n+]4C)c(C)c(C)cc23)cc1. The van der Waals surface area contributed by atoms with Crippen molar-refractivity contribution in [1.29, 1.82) is 0 Å². The molecule has 0 spiro atoms. The highest BCUT2D eigenvalue weighted by molar-refractivity contribution is 6.90. The number of rotatable bonds is 3. The smallest absolute Gasteiger partial charge is 0.216 e. The molecule has 0 saturated carbocycles. The Morgan fingerprint density at radius 2 is 1.41 bits per heavy atom. The number of pyridine rings is 1. The summed E-state index contributed by atoms with van der Waals surface area (Å²) < 4.78 is 9.10. The van der Waals surface area contributed by atoms with Gasteiger partial charge in [-0.1, -0.05) is 67.7 Å². The fraction of sp³-hybridized carbons (Fsp3) is 0.206. The molecule has 0 fully saturated rings. The quantitative estimate of drug-likeness (QED) is 0.176. The van der Waals surface area contributed by atoms with E-state index in [1.165, 1.54) is 65.9 Å². The van der Waals surface area contributed by atoms with Crippen molar-refractivity contribution in [1.82, 2.24) is 0 Å². The Morgan fingerprint density at radius 1 is 0.703 bits per heavy atom. The molecule has 0 N–H and O–H groups in total. The van der Waals surface area contributed by atoms with Crippen molar-refractivity contribution in [3.63, 3.8) is 0 Å². The Bertz CT molecular complexity index is 1840. The zero-order valence-corrected chi connectivity index (χ0v) is 23.9. The summed E-state index contributed by atoms with van der Waals surface area (Å²) in [7, 11) is 0.584. The predicted octanol–water partition coefficient (Wildman–Crippen LogP) is 8.37. The topological polar surface area (TPSA) is 17.0 Å². The molecule has 0 unspecified atom stereocenters. The van der Waals surface area contributed by atoms with Gasteiger partial charge in [-0.15, -0.1) is 0 Å². The first-order chi connectivity index (χ1) is 17.6. The second-order valence-corrected chi connectivity index (χ2v) is 16.6. The minimum atomic E-state index is -1.61. The van der Waals surface area contributed by atoms with Crippen molar-refractivity contribution in [3.05, 3.63) is 95.6 Å². The van der Waals surface area contributed by atoms with E-state index in [4.69, 9.17) is 4.42 Å². The summed E-state index contributed by atoms with van der Waals surface area (Å²) >= 11 is 0. The number of fused-ring (bicyclic) bond motifs is 4. The monoisotopic (exact) mass is 500 g/mol. The number of furan rings is 1. The fourth-order valence-electron chi connectivity index (χ4n) is 5.67. The molecule has 37 heavy (non-hydrogen) atoms. The van der Waals surface area contributed by atoms with Crippen molar-refractivity contribution >= 4 is 46.1 Å². The number of hydrogen-bond donors (Lipinski definition) is 0. The largest absolute Gasteiger partial charge is 0.455 e. The molecule has 184 valence electrons. The van der Waals surface area contributed by atoms with Crippen LogP contribution in [0.3, 0.4) is 0 Å². The highest BCUT2D eigenvalue weighted by Gasteiger charge is 2.29. The Kier molecular flexibility index (Phi) is 5.39. The minimum Gasteiger partial charge on any atom is -0.455 e. The Morgan fingerprint density at radius 3 is 2.14 bits per heavy atom. The Labute approximate surface area is 220 Å². The third kappa shape index (κ3) is 3.81. The number of para-hydroxylation sites is 1. The van der Waals surface area contributed by atoms with Crippen LogP contribution in [0.15, 0.2) is 83.3 Å². The molecule has 2 nitrogen and oxygen atoms in total. The predicted molar refractivity (Wildman–Crippen MR) is 160 cm³/mol. The van der Waals surface area contributed by atoms with Crippen LogP contribution in [0.2, 0.25) is 19.6 Å². The van der Waals surface area contributed by atoms with Crippen molar-refractivity contribution in [3.8, 4) is 22.4 Å². The van der Waals surface area contributed by atoms with E-state index in [0.717, 1.165) is 11.2 Å². The van der Waals surface area contributed by atoms with E-state index in [1.54, 1.807) is 0 Å². The third-order valence-corrected chi connectivity index (χ3v) is 9.96. The maximum Gasteiger partial charge on any atom is 0.216 e. The van der Waals surface area contributed by atoms with Crippen LogP contribution in [-0.4, -0.2) is 8.07 Å². The van der Waals surface area contributed by atoms with Gasteiger partial charge in [-0.3, -0.25) is 0 Å². The summed E-state index contributed by atoms with van der Waals surface area (Å²) in [5, 5.41) is 5.21. The first kappa shape index (κ1) is 23.7. The molecule has 0 atom stereocenters. The summed E-state index contributed by atoms with van der Waals surface area (Å²) in [4.78, 5) is 0. The molecule has 0 aliphatic carbocycles. The van der Waals surface area contributed by atoms with Crippen LogP contribution in [0.5, 0.6) is 0 Å². The van der Waals surface area contributed by atoms with Crippen LogP contribution in [-0.2, 0) is 7.05 Å². The zero-order valence-electron chi connectivity index (χ0n) is 22.9. The van der Waals surface area contributed by atoms with E-state index in [1.807, 2.05) is 0 Å². The van der Waals surface area contributed by atoms with Crippen molar-refractivity contribution < 1.29 is 8.98 Å². The van der Waals surface area contributed by atoms with Crippen LogP contribution < -0.4 is 9.75 Å². The second-order valence-electron chi connectivity index (χ2n) is 11.5. The molecule has 4 aromatic carbocycles. The van der Waals surface area contributed by atoms with Crippen molar-refractivity contribution in [2.75, 3.05) is 0 Å². The number of aryl methyl sites for hydroxylation is 3. The van der Waals surface area contributed by atoms with Crippen LogP contribution in [0.25, 0.3) is 55.2 Å². The molecular formula is C34H34NOSi+. The van der Waals surface area contributed by atoms with Gasteiger partial charge in [0.2, 0.25) is 11.2 Å². The second kappa shape index (κ2) is 8.42. The van der Waals surface area contributed by atoms with Crippen LogP contribution in [0.1, 0.15) is 16.7 Å². The highest BCUT2D eigenvalue weighted by Crippen LogP contribution is 2.40. The van der Waals surface area contributed by atoms with Gasteiger partial charge in [-0.05, 0) is 72.5 Å². The number of benzene rings is 4. The molecule has 2 heterocycles. The van der Waals surface area contributed by atoms with Crippen molar-refractivity contribution in [2.24, 2.45) is 7.05 Å². The zero-order chi connectivity index (χ0) is 26.1. The molecule has 0 amide bonds. The Balaban J connectivity index is 1.67. The highest BCUT2D eigenvalue weighted by atomic mass is 28.3. The van der Waals surface area contributed by atoms with Gasteiger partial charge in [0.1, 0.15) is 18.2 Å². The fourth-order valence-corrected chi connectivity index (χ4v) is 7.26. The van der Waals surface area contributed by atoms with E-state index in [-0.39, 0.29) is 0 Å². The summed E-state index contributed by atoms with van der Waals surface area (Å²) in [6, 6.07) is 28.9. The van der Waals surface area contributed by atoms with E-state index in [9.17, 15) is 0 Å². The van der Waals surface area contributed by atoms with Crippen molar-refractivity contribution in [2.45, 2.75) is 40.4 Å². The molecule has 3 heteroatoms. The molecule has 0 aliphatic heterocycles. The van der Waals surface area contributed by atoms with E-state index in [0.29, 0.717) is 0 Å². The first-order valence-corrected chi connectivity index (χ1v) is 16.6. The van der Waals surface area contributed by atoms with Crippen LogP contribution in [0, 0.1) is 20.8 Å². The van der Waals surface area contributed by atoms with Crippen LogP contribution in [0.4, 0.5) is 0 Å². The van der Waals surface area contributed by atoms with E-state index >= 15 is 0 Å². The van der Waals surface area contributed by atoms with Gasteiger partial charge < -0.3 is 4.42 Å². The van der Waals surface area contributed by atoms with Gasteiger partial charge in [0.25, 0.3) is 0 Å². The first-order valence-electron chi connectivity index (χ1n) is 13.1. The van der Waals surface area contributed by atoms with Gasteiger partial charge in [-0.2, -0.15) is 4.57 Å². The van der Waals surface area contributed by atoms with Gasteiger partial charge in [0.15, 0.2) is 0 Å². The lowest BCUT2D eigenvalue weighted by atomic mass is 9.95. The van der Waals surface area contributed by atoms with Gasteiger partial charge in [-0.25, -0.2) is 0 Å². The summed E-state index contributed by atoms with van der Waals surface area (Å²) in [5.41, 5.74) is 11.8. The van der Waals surface area contributed by atoms with E-state index in [2.05, 4.69) is 131 Å². The summed E-state index contributed by atoms with van der Waals surface area (Å²) in [6.07, 6.45) is 0. The molecule has 2 aromatic heterocycles. The molecule has 0 saturated heterocycles. The molecule has 0 bridgehead atoms. The lowest BCUT2D eigenvalue weighted by molar-refractivity contribution is -0.633. The number of hydrogen-bond acceptors (Lipinski definition) is 1. The minimum absolute atomic E-state index is 0.938. The Hall–Kier alpha value is -3.69. The maximum atomic E-state index is 6.75. The van der Waals surface area contributed by atoms with E-state index < -0.39 is 8.07 Å². The van der Waals surface area contributed by atoms with Gasteiger partial charge >= 0.3 is 0 Å². The summed E-state index contributed by atoms with van der Waals surface area (Å²) in [6.45, 7) is 13.9. The lowest BCUT2D eigenvalue weighted by Gasteiger charge is -2.20. The lowest BCUT2D eigenvalue weighted by Crippen LogP contribution is -2.43. The normalized spacial score (nSPS) is 12.2. The average molecular weight is 501 g/mol. The third-order valence-electron chi connectivity index (χ3n) is 7.93. The average Bonchev–Trinajstić information content (AvgIpc) is 3.22. The maximum absolute atomic E-state index is 6.75. The molecule has 6 aromatic rings. The van der Waals surface area contributed by atoms with Crippen LogP contribution >= 0.6 is 0 Å². The molecule has 0 aliphatic rings. The number of nitrogens with zero attached hydrogens (tertiary/aromatic N) is 1.